The lowest BCUT2D eigenvalue weighted by Gasteiger charge is -2.29. The molecule has 1 aliphatic carbocycles. The third-order valence-corrected chi connectivity index (χ3v) is 5.23. The molecule has 0 unspecified atom stereocenters. The highest BCUT2D eigenvalue weighted by Crippen LogP contribution is 2.37. The number of nitrogens with zero attached hydrogens (tertiary/aromatic N) is 2. The predicted molar refractivity (Wildman–Crippen MR) is 109 cm³/mol. The summed E-state index contributed by atoms with van der Waals surface area (Å²) in [5.41, 5.74) is 7.81. The summed E-state index contributed by atoms with van der Waals surface area (Å²) in [7, 11) is 1.44. The maximum atomic E-state index is 11.8. The molecule has 0 N–H and O–H groups in total. The van der Waals surface area contributed by atoms with Gasteiger partial charge in [-0.3, -0.25) is 4.98 Å². The van der Waals surface area contributed by atoms with Gasteiger partial charge in [-0.1, -0.05) is 49.8 Å². The molecule has 0 bridgehead atoms. The Morgan fingerprint density at radius 2 is 1.63 bits per heavy atom. The first kappa shape index (κ1) is 19.2. The van der Waals surface area contributed by atoms with Gasteiger partial charge >= 0.3 is 6.09 Å². The molecular formula is C23H28N2O2. The molecule has 0 saturated carbocycles. The quantitative estimate of drug-likeness (QED) is 0.670. The van der Waals surface area contributed by atoms with Gasteiger partial charge in [0.1, 0.15) is 0 Å². The standard InChI is InChI=1S/C21H22N2O2.C2H6/c1-25-21(24)23-13-10-16(11-14-23)19-18-7-3-2-5-15(18)8-9-17-6-4-12-22-20(17)19;1-2/h2-7,12H,8-11,13-14H2,1H3;1-2H3. The Morgan fingerprint density at radius 3 is 2.37 bits per heavy atom. The Morgan fingerprint density at radius 1 is 0.963 bits per heavy atom. The lowest BCUT2D eigenvalue weighted by atomic mass is 9.89. The van der Waals surface area contributed by atoms with Crippen molar-refractivity contribution in [3.63, 3.8) is 0 Å². The van der Waals surface area contributed by atoms with Crippen LogP contribution in [0.3, 0.4) is 0 Å². The van der Waals surface area contributed by atoms with Crippen LogP contribution in [0.15, 0.2) is 48.2 Å². The molecule has 1 amide bonds. The van der Waals surface area contributed by atoms with Gasteiger partial charge in [0.05, 0.1) is 12.8 Å². The molecule has 142 valence electrons. The van der Waals surface area contributed by atoms with Crippen LogP contribution < -0.4 is 0 Å². The van der Waals surface area contributed by atoms with Crippen molar-refractivity contribution in [1.82, 2.24) is 9.88 Å². The number of likely N-dealkylation sites (tertiary alicyclic amines) is 1. The second kappa shape index (κ2) is 8.85. The van der Waals surface area contributed by atoms with E-state index in [0.29, 0.717) is 13.1 Å². The number of aryl methyl sites for hydroxylation is 2. The summed E-state index contributed by atoms with van der Waals surface area (Å²) in [6, 6.07) is 12.9. The van der Waals surface area contributed by atoms with Crippen LogP contribution in [-0.2, 0) is 17.6 Å². The maximum Gasteiger partial charge on any atom is 0.409 e. The van der Waals surface area contributed by atoms with E-state index in [2.05, 4.69) is 30.3 Å². The number of piperidine rings is 1. The van der Waals surface area contributed by atoms with Gasteiger partial charge in [0.25, 0.3) is 0 Å². The van der Waals surface area contributed by atoms with Gasteiger partial charge < -0.3 is 9.64 Å². The normalized spacial score (nSPS) is 15.7. The van der Waals surface area contributed by atoms with Crippen LogP contribution in [0.1, 0.15) is 49.1 Å². The molecule has 0 atom stereocenters. The van der Waals surface area contributed by atoms with E-state index in [-0.39, 0.29) is 6.09 Å². The average molecular weight is 364 g/mol. The molecule has 1 aromatic heterocycles. The largest absolute Gasteiger partial charge is 0.453 e. The fourth-order valence-corrected chi connectivity index (χ4v) is 3.94. The van der Waals surface area contributed by atoms with Crippen molar-refractivity contribution in [3.05, 3.63) is 70.6 Å². The van der Waals surface area contributed by atoms with Gasteiger partial charge in [-0.2, -0.15) is 0 Å². The number of hydrogen-bond donors (Lipinski definition) is 0. The monoisotopic (exact) mass is 364 g/mol. The number of pyridine rings is 1. The van der Waals surface area contributed by atoms with Crippen molar-refractivity contribution in [2.45, 2.75) is 39.5 Å². The summed E-state index contributed by atoms with van der Waals surface area (Å²) in [4.78, 5) is 18.3. The third kappa shape index (κ3) is 3.90. The number of ether oxygens (including phenoxy) is 1. The van der Waals surface area contributed by atoms with Crippen LogP contribution in [0.5, 0.6) is 0 Å². The van der Waals surface area contributed by atoms with Gasteiger partial charge in [0, 0.05) is 24.9 Å². The smallest absolute Gasteiger partial charge is 0.409 e. The molecule has 0 spiro atoms. The first-order valence-corrected chi connectivity index (χ1v) is 9.85. The molecule has 1 fully saturated rings. The van der Waals surface area contributed by atoms with Gasteiger partial charge in [-0.25, -0.2) is 4.79 Å². The van der Waals surface area contributed by atoms with Crippen molar-refractivity contribution >= 4 is 11.7 Å². The zero-order chi connectivity index (χ0) is 19.2. The summed E-state index contributed by atoms with van der Waals surface area (Å²) in [6.07, 6.45) is 5.45. The topological polar surface area (TPSA) is 42.4 Å². The number of aromatic nitrogens is 1. The lowest BCUT2D eigenvalue weighted by molar-refractivity contribution is 0.120. The number of methoxy groups -OCH3 is 1. The molecule has 4 rings (SSSR count). The molecular weight excluding hydrogens is 336 g/mol. The fraction of sp³-hybridized carbons (Fsp3) is 0.391. The third-order valence-electron chi connectivity index (χ3n) is 5.23. The second-order valence-corrected chi connectivity index (χ2v) is 6.60. The zero-order valence-corrected chi connectivity index (χ0v) is 16.5. The summed E-state index contributed by atoms with van der Waals surface area (Å²) in [6.45, 7) is 5.41. The SMILES string of the molecule is CC.COC(=O)N1CCC(=C2c3ccccc3CCc3cccnc32)CC1. The molecule has 1 aromatic carbocycles. The minimum atomic E-state index is -0.233. The Kier molecular flexibility index (Phi) is 6.28. The molecule has 27 heavy (non-hydrogen) atoms. The van der Waals surface area contributed by atoms with Crippen molar-refractivity contribution in [2.75, 3.05) is 20.2 Å². The summed E-state index contributed by atoms with van der Waals surface area (Å²) >= 11 is 0. The predicted octanol–water partition coefficient (Wildman–Crippen LogP) is 4.87. The second-order valence-electron chi connectivity index (χ2n) is 6.60. The molecule has 1 saturated heterocycles. The summed E-state index contributed by atoms with van der Waals surface area (Å²) in [5, 5.41) is 0. The minimum absolute atomic E-state index is 0.233. The van der Waals surface area contributed by atoms with E-state index in [0.717, 1.165) is 31.4 Å². The van der Waals surface area contributed by atoms with E-state index in [4.69, 9.17) is 9.72 Å². The number of rotatable bonds is 0. The maximum absolute atomic E-state index is 11.8. The van der Waals surface area contributed by atoms with Crippen LogP contribution >= 0.6 is 0 Å². The van der Waals surface area contributed by atoms with E-state index < -0.39 is 0 Å². The lowest BCUT2D eigenvalue weighted by Crippen LogP contribution is -2.36. The first-order chi connectivity index (χ1) is 13.3. The summed E-state index contributed by atoms with van der Waals surface area (Å²) in [5.74, 6) is 0. The van der Waals surface area contributed by atoms with Gasteiger partial charge in [0.15, 0.2) is 0 Å². The Labute approximate surface area is 161 Å². The van der Waals surface area contributed by atoms with E-state index in [1.54, 1.807) is 4.90 Å². The van der Waals surface area contributed by atoms with Gasteiger partial charge in [-0.15, -0.1) is 0 Å². The van der Waals surface area contributed by atoms with E-state index in [1.165, 1.54) is 34.9 Å². The molecule has 2 heterocycles. The van der Waals surface area contributed by atoms with E-state index in [1.807, 2.05) is 26.1 Å². The van der Waals surface area contributed by atoms with Crippen molar-refractivity contribution in [1.29, 1.82) is 0 Å². The molecule has 2 aliphatic rings. The minimum Gasteiger partial charge on any atom is -0.453 e. The Balaban J connectivity index is 0.00000102. The van der Waals surface area contributed by atoms with Crippen LogP contribution in [0.2, 0.25) is 0 Å². The Hall–Kier alpha value is -2.62. The molecule has 4 nitrogen and oxygen atoms in total. The summed E-state index contributed by atoms with van der Waals surface area (Å²) < 4.78 is 4.86. The van der Waals surface area contributed by atoms with Crippen LogP contribution in [0, 0.1) is 0 Å². The molecule has 4 heteroatoms. The number of amides is 1. The number of hydrogen-bond acceptors (Lipinski definition) is 3. The first-order valence-electron chi connectivity index (χ1n) is 9.85. The molecule has 2 aromatic rings. The number of carbonyl (C=O) groups excluding carboxylic acids is 1. The van der Waals surface area contributed by atoms with Gasteiger partial charge in [-0.05, 0) is 48.4 Å². The number of benzene rings is 1. The van der Waals surface area contributed by atoms with Crippen LogP contribution in [0.25, 0.3) is 5.57 Å². The van der Waals surface area contributed by atoms with Crippen molar-refractivity contribution in [3.8, 4) is 0 Å². The van der Waals surface area contributed by atoms with E-state index in [9.17, 15) is 4.79 Å². The van der Waals surface area contributed by atoms with Gasteiger partial charge in [0.2, 0.25) is 0 Å². The average Bonchev–Trinajstić information content (AvgIpc) is 2.92. The Bertz CT molecular complexity index is 782. The van der Waals surface area contributed by atoms with Crippen molar-refractivity contribution in [2.24, 2.45) is 0 Å². The highest BCUT2D eigenvalue weighted by Gasteiger charge is 2.26. The highest BCUT2D eigenvalue weighted by atomic mass is 16.5. The molecule has 1 aliphatic heterocycles. The number of carbonyl (C=O) groups is 1. The van der Waals surface area contributed by atoms with Crippen LogP contribution in [0.4, 0.5) is 4.79 Å². The number of fused-ring (bicyclic) bond motifs is 2. The van der Waals surface area contributed by atoms with Crippen LogP contribution in [-0.4, -0.2) is 36.2 Å². The highest BCUT2D eigenvalue weighted by molar-refractivity contribution is 5.84. The zero-order valence-electron chi connectivity index (χ0n) is 16.5. The van der Waals surface area contributed by atoms with E-state index >= 15 is 0 Å². The van der Waals surface area contributed by atoms with Crippen molar-refractivity contribution < 1.29 is 9.53 Å². The fourth-order valence-electron chi connectivity index (χ4n) is 3.94. The molecule has 0 radical (unpaired) electrons.